The Morgan fingerprint density at radius 1 is 1.43 bits per heavy atom. The third kappa shape index (κ3) is 3.13. The third-order valence-electron chi connectivity index (χ3n) is 2.61. The van der Waals surface area contributed by atoms with Gasteiger partial charge in [-0.25, -0.2) is 0 Å². The highest BCUT2D eigenvalue weighted by molar-refractivity contribution is 4.84. The monoisotopic (exact) mass is 210 g/mol. The van der Waals surface area contributed by atoms with Gasteiger partial charge in [0.2, 0.25) is 0 Å². The fourth-order valence-corrected chi connectivity index (χ4v) is 1.92. The number of nitrogens with zero attached hydrogens (tertiary/aromatic N) is 1. The van der Waals surface area contributed by atoms with E-state index in [1.807, 2.05) is 7.05 Å². The van der Waals surface area contributed by atoms with E-state index in [0.29, 0.717) is 19.5 Å². The van der Waals surface area contributed by atoms with Gasteiger partial charge in [-0.05, 0) is 45.9 Å². The summed E-state index contributed by atoms with van der Waals surface area (Å²) >= 11 is 0. The second-order valence-corrected chi connectivity index (χ2v) is 3.69. The van der Waals surface area contributed by atoms with Crippen LogP contribution in [0.15, 0.2) is 0 Å². The van der Waals surface area contributed by atoms with Gasteiger partial charge < -0.3 is 5.32 Å². The molecule has 0 aromatic carbocycles. The number of rotatable bonds is 4. The molecule has 1 aliphatic rings. The summed E-state index contributed by atoms with van der Waals surface area (Å²) in [4.78, 5) is 1.55. The summed E-state index contributed by atoms with van der Waals surface area (Å²) in [6, 6.07) is -1.20. The van der Waals surface area contributed by atoms with E-state index in [1.165, 1.54) is 0 Å². The molecule has 14 heavy (non-hydrogen) atoms. The van der Waals surface area contributed by atoms with E-state index < -0.39 is 12.2 Å². The van der Waals surface area contributed by atoms with Gasteiger partial charge in [-0.3, -0.25) is 4.90 Å². The SMILES string of the molecule is CNCCCN1CCC[C@@H]1C(F)(F)F. The third-order valence-corrected chi connectivity index (χ3v) is 2.61. The molecule has 0 saturated carbocycles. The first-order valence-corrected chi connectivity index (χ1v) is 5.01. The number of alkyl halides is 3. The van der Waals surface area contributed by atoms with Crippen LogP contribution in [0.5, 0.6) is 0 Å². The summed E-state index contributed by atoms with van der Waals surface area (Å²) in [5.74, 6) is 0. The minimum Gasteiger partial charge on any atom is -0.320 e. The van der Waals surface area contributed by atoms with E-state index in [1.54, 1.807) is 4.90 Å². The Kier molecular flexibility index (Phi) is 4.19. The van der Waals surface area contributed by atoms with Gasteiger partial charge in [0.25, 0.3) is 0 Å². The van der Waals surface area contributed by atoms with E-state index in [-0.39, 0.29) is 6.42 Å². The zero-order chi connectivity index (χ0) is 10.6. The van der Waals surface area contributed by atoms with Gasteiger partial charge in [-0.1, -0.05) is 0 Å². The van der Waals surface area contributed by atoms with E-state index >= 15 is 0 Å². The maximum atomic E-state index is 12.5. The van der Waals surface area contributed by atoms with E-state index in [2.05, 4.69) is 5.32 Å². The molecular formula is C9H17F3N2. The molecule has 2 nitrogen and oxygen atoms in total. The molecule has 0 bridgehead atoms. The molecule has 0 radical (unpaired) electrons. The molecule has 0 spiro atoms. The Balaban J connectivity index is 2.36. The number of hydrogen-bond acceptors (Lipinski definition) is 2. The van der Waals surface area contributed by atoms with Crippen molar-refractivity contribution >= 4 is 0 Å². The van der Waals surface area contributed by atoms with Crippen molar-refractivity contribution in [2.45, 2.75) is 31.5 Å². The molecule has 1 rings (SSSR count). The van der Waals surface area contributed by atoms with Gasteiger partial charge >= 0.3 is 6.18 Å². The zero-order valence-electron chi connectivity index (χ0n) is 8.40. The first-order valence-electron chi connectivity index (χ1n) is 5.01. The number of hydrogen-bond donors (Lipinski definition) is 1. The minimum absolute atomic E-state index is 0.267. The van der Waals surface area contributed by atoms with Gasteiger partial charge in [0, 0.05) is 0 Å². The highest BCUT2D eigenvalue weighted by Gasteiger charge is 2.45. The topological polar surface area (TPSA) is 15.3 Å². The normalized spacial score (nSPS) is 24.4. The fraction of sp³-hybridized carbons (Fsp3) is 1.00. The Bertz CT molecular complexity index is 170. The van der Waals surface area contributed by atoms with E-state index in [9.17, 15) is 13.2 Å². The number of likely N-dealkylation sites (tertiary alicyclic amines) is 1. The van der Waals surface area contributed by atoms with Crippen LogP contribution in [0.25, 0.3) is 0 Å². The van der Waals surface area contributed by atoms with Crippen LogP contribution < -0.4 is 5.32 Å². The molecule has 0 amide bonds. The van der Waals surface area contributed by atoms with E-state index in [4.69, 9.17) is 0 Å². The minimum atomic E-state index is -4.05. The van der Waals surface area contributed by atoms with Crippen LogP contribution in [0.2, 0.25) is 0 Å². The first kappa shape index (κ1) is 11.8. The maximum absolute atomic E-state index is 12.5. The summed E-state index contributed by atoms with van der Waals surface area (Å²) in [5.41, 5.74) is 0. The smallest absolute Gasteiger partial charge is 0.320 e. The van der Waals surface area contributed by atoms with Crippen molar-refractivity contribution < 1.29 is 13.2 Å². The van der Waals surface area contributed by atoms with Crippen LogP contribution in [0.4, 0.5) is 13.2 Å². The number of nitrogens with one attached hydrogen (secondary N) is 1. The summed E-state index contributed by atoms with van der Waals surface area (Å²) in [5, 5.41) is 2.94. The second-order valence-electron chi connectivity index (χ2n) is 3.69. The molecule has 1 atom stereocenters. The molecule has 0 aromatic rings. The molecule has 1 aliphatic heterocycles. The van der Waals surface area contributed by atoms with Gasteiger partial charge in [-0.15, -0.1) is 0 Å². The van der Waals surface area contributed by atoms with Crippen molar-refractivity contribution in [2.24, 2.45) is 0 Å². The molecule has 1 saturated heterocycles. The average Bonchev–Trinajstić information content (AvgIpc) is 2.52. The Labute approximate surface area is 82.5 Å². The maximum Gasteiger partial charge on any atom is 0.404 e. The van der Waals surface area contributed by atoms with Crippen LogP contribution in [0, 0.1) is 0 Å². The molecule has 0 unspecified atom stereocenters. The first-order chi connectivity index (χ1) is 6.55. The molecule has 5 heteroatoms. The summed E-state index contributed by atoms with van der Waals surface area (Å²) in [7, 11) is 1.81. The molecule has 0 aromatic heterocycles. The predicted octanol–water partition coefficient (Wildman–Crippen LogP) is 1.62. The predicted molar refractivity (Wildman–Crippen MR) is 49.2 cm³/mol. The Morgan fingerprint density at radius 3 is 2.71 bits per heavy atom. The molecule has 1 N–H and O–H groups in total. The fourth-order valence-electron chi connectivity index (χ4n) is 1.92. The van der Waals surface area contributed by atoms with Crippen molar-refractivity contribution in [3.05, 3.63) is 0 Å². The molecular weight excluding hydrogens is 193 g/mol. The van der Waals surface area contributed by atoms with Crippen molar-refractivity contribution in [3.8, 4) is 0 Å². The van der Waals surface area contributed by atoms with Gasteiger partial charge in [0.05, 0.1) is 0 Å². The van der Waals surface area contributed by atoms with Crippen LogP contribution >= 0.6 is 0 Å². The van der Waals surface area contributed by atoms with Crippen LogP contribution in [-0.4, -0.2) is 43.8 Å². The molecule has 1 heterocycles. The lowest BCUT2D eigenvalue weighted by atomic mass is 10.2. The van der Waals surface area contributed by atoms with Gasteiger partial charge in [0.15, 0.2) is 0 Å². The lowest BCUT2D eigenvalue weighted by molar-refractivity contribution is -0.175. The quantitative estimate of drug-likeness (QED) is 0.709. The lowest BCUT2D eigenvalue weighted by Crippen LogP contribution is -2.42. The largest absolute Gasteiger partial charge is 0.404 e. The lowest BCUT2D eigenvalue weighted by Gasteiger charge is -2.26. The second kappa shape index (κ2) is 4.98. The molecule has 84 valence electrons. The molecule has 1 fully saturated rings. The van der Waals surface area contributed by atoms with Crippen molar-refractivity contribution in [1.82, 2.24) is 10.2 Å². The van der Waals surface area contributed by atoms with Crippen LogP contribution in [-0.2, 0) is 0 Å². The summed E-state index contributed by atoms with van der Waals surface area (Å²) in [6.07, 6.45) is -2.33. The Hall–Kier alpha value is -0.290. The van der Waals surface area contributed by atoms with Gasteiger partial charge in [-0.2, -0.15) is 13.2 Å². The van der Waals surface area contributed by atoms with Crippen molar-refractivity contribution in [2.75, 3.05) is 26.7 Å². The highest BCUT2D eigenvalue weighted by atomic mass is 19.4. The Morgan fingerprint density at radius 2 is 2.14 bits per heavy atom. The average molecular weight is 210 g/mol. The van der Waals surface area contributed by atoms with Crippen molar-refractivity contribution in [1.29, 1.82) is 0 Å². The van der Waals surface area contributed by atoms with Crippen LogP contribution in [0.1, 0.15) is 19.3 Å². The summed E-state index contributed by atoms with van der Waals surface area (Å²) < 4.78 is 37.4. The van der Waals surface area contributed by atoms with Gasteiger partial charge in [0.1, 0.15) is 6.04 Å². The highest BCUT2D eigenvalue weighted by Crippen LogP contribution is 2.32. The summed E-state index contributed by atoms with van der Waals surface area (Å²) in [6.45, 7) is 1.92. The van der Waals surface area contributed by atoms with Crippen molar-refractivity contribution in [3.63, 3.8) is 0 Å². The standard InChI is InChI=1S/C9H17F3N2/c1-13-5-3-7-14-6-2-4-8(14)9(10,11)12/h8,13H,2-7H2,1H3/t8-/m1/s1. The molecule has 0 aliphatic carbocycles. The number of halogens is 3. The van der Waals surface area contributed by atoms with Crippen LogP contribution in [0.3, 0.4) is 0 Å². The van der Waals surface area contributed by atoms with E-state index in [0.717, 1.165) is 13.0 Å². The zero-order valence-corrected chi connectivity index (χ0v) is 8.40.